The van der Waals surface area contributed by atoms with Crippen molar-refractivity contribution < 1.29 is 14.6 Å². The number of ether oxygens (including phenoxy) is 2. The van der Waals surface area contributed by atoms with Crippen molar-refractivity contribution in [2.45, 2.75) is 225 Å². The summed E-state index contributed by atoms with van der Waals surface area (Å²) in [5.74, 6) is -0.387. The van der Waals surface area contributed by atoms with Gasteiger partial charge >= 0.3 is 0 Å². The Morgan fingerprint density at radius 3 is 1.20 bits per heavy atom. The van der Waals surface area contributed by atoms with Gasteiger partial charge in [0.1, 0.15) is 0 Å². The predicted octanol–water partition coefficient (Wildman–Crippen LogP) is 13.3. The average Bonchev–Trinajstić information content (AvgIpc) is 3.43. The number of rotatable bonds is 34. The summed E-state index contributed by atoms with van der Waals surface area (Å²) in [6.07, 6.45) is 49.9. The molecule has 1 aliphatic heterocycles. The maximum Gasteiger partial charge on any atom is 0.168 e. The molecule has 260 valence electrons. The Bertz CT molecular complexity index is 585. The molecule has 1 rings (SSSR count). The Balaban J connectivity index is 2.05. The van der Waals surface area contributed by atoms with Gasteiger partial charge in [-0.15, -0.1) is 0 Å². The lowest BCUT2D eigenvalue weighted by atomic mass is 9.98. The van der Waals surface area contributed by atoms with Crippen LogP contribution in [0.1, 0.15) is 213 Å². The van der Waals surface area contributed by atoms with Crippen LogP contribution in [-0.4, -0.2) is 30.2 Å². The van der Waals surface area contributed by atoms with E-state index in [0.29, 0.717) is 13.0 Å². The fraction of sp³-hybridized carbons (Fsp3) is 0.902. The SMILES string of the molecule is CCCCCCCC/C=C\CCCCCCCCC1(CCCCCCCC/C=C\CCCCCCCC)OC[C@H](CCO)O1. The molecular formula is C41H78O3. The average molecular weight is 619 g/mol. The van der Waals surface area contributed by atoms with E-state index >= 15 is 0 Å². The molecule has 0 aromatic heterocycles. The molecule has 1 aliphatic rings. The largest absolute Gasteiger partial charge is 0.396 e. The Hall–Kier alpha value is -0.640. The van der Waals surface area contributed by atoms with Gasteiger partial charge in [-0.25, -0.2) is 0 Å². The Kier molecular flexibility index (Phi) is 30.4. The van der Waals surface area contributed by atoms with Gasteiger partial charge in [-0.3, -0.25) is 0 Å². The summed E-state index contributed by atoms with van der Waals surface area (Å²) in [4.78, 5) is 0. The van der Waals surface area contributed by atoms with Crippen LogP contribution in [0, 0.1) is 0 Å². The second-order valence-corrected chi connectivity index (χ2v) is 13.8. The summed E-state index contributed by atoms with van der Waals surface area (Å²) in [6, 6.07) is 0. The van der Waals surface area contributed by atoms with Crippen molar-refractivity contribution in [1.29, 1.82) is 0 Å². The molecule has 3 heteroatoms. The van der Waals surface area contributed by atoms with Crippen LogP contribution in [0.3, 0.4) is 0 Å². The minimum atomic E-state index is -0.387. The molecule has 0 aromatic rings. The second-order valence-electron chi connectivity index (χ2n) is 13.8. The molecule has 1 N–H and O–H groups in total. The van der Waals surface area contributed by atoms with Crippen LogP contribution in [0.4, 0.5) is 0 Å². The van der Waals surface area contributed by atoms with Crippen molar-refractivity contribution in [2.75, 3.05) is 13.2 Å². The third kappa shape index (κ3) is 25.5. The number of aliphatic hydroxyl groups is 1. The van der Waals surface area contributed by atoms with Gasteiger partial charge in [0.25, 0.3) is 0 Å². The summed E-state index contributed by atoms with van der Waals surface area (Å²) in [5.41, 5.74) is 0. The highest BCUT2D eigenvalue weighted by Crippen LogP contribution is 2.35. The lowest BCUT2D eigenvalue weighted by Crippen LogP contribution is -2.31. The fourth-order valence-corrected chi connectivity index (χ4v) is 6.57. The molecule has 0 aliphatic carbocycles. The maximum atomic E-state index is 9.40. The Morgan fingerprint density at radius 1 is 0.500 bits per heavy atom. The molecule has 0 bridgehead atoms. The molecule has 0 saturated carbocycles. The van der Waals surface area contributed by atoms with Crippen molar-refractivity contribution in [2.24, 2.45) is 0 Å². The van der Waals surface area contributed by atoms with Crippen LogP contribution in [0.15, 0.2) is 24.3 Å². The molecule has 0 radical (unpaired) electrons. The molecular weight excluding hydrogens is 540 g/mol. The maximum absolute atomic E-state index is 9.40. The van der Waals surface area contributed by atoms with Crippen molar-refractivity contribution in [3.63, 3.8) is 0 Å². The Morgan fingerprint density at radius 2 is 0.841 bits per heavy atom. The minimum absolute atomic E-state index is 0.0724. The predicted molar refractivity (Wildman–Crippen MR) is 193 cm³/mol. The highest BCUT2D eigenvalue weighted by atomic mass is 16.7. The van der Waals surface area contributed by atoms with Crippen LogP contribution in [0.2, 0.25) is 0 Å². The topological polar surface area (TPSA) is 38.7 Å². The molecule has 0 aromatic carbocycles. The van der Waals surface area contributed by atoms with Crippen LogP contribution >= 0.6 is 0 Å². The second kappa shape index (κ2) is 32.3. The summed E-state index contributed by atoms with van der Waals surface area (Å²) in [6.45, 7) is 5.41. The van der Waals surface area contributed by atoms with E-state index in [0.717, 1.165) is 12.8 Å². The van der Waals surface area contributed by atoms with Crippen molar-refractivity contribution >= 4 is 0 Å². The zero-order chi connectivity index (χ0) is 31.7. The van der Waals surface area contributed by atoms with Crippen LogP contribution < -0.4 is 0 Å². The summed E-state index contributed by atoms with van der Waals surface area (Å²) < 4.78 is 12.7. The molecule has 0 amide bonds. The quantitative estimate of drug-likeness (QED) is 0.0576. The van der Waals surface area contributed by atoms with E-state index in [9.17, 15) is 5.11 Å². The van der Waals surface area contributed by atoms with Crippen LogP contribution in [0.5, 0.6) is 0 Å². The fourth-order valence-electron chi connectivity index (χ4n) is 6.57. The number of hydrogen-bond acceptors (Lipinski definition) is 3. The molecule has 0 unspecified atom stereocenters. The monoisotopic (exact) mass is 619 g/mol. The molecule has 44 heavy (non-hydrogen) atoms. The zero-order valence-corrected chi connectivity index (χ0v) is 30.0. The van der Waals surface area contributed by atoms with E-state index in [4.69, 9.17) is 9.47 Å². The number of unbranched alkanes of at least 4 members (excludes halogenated alkanes) is 24. The molecule has 1 fully saturated rings. The van der Waals surface area contributed by atoms with Gasteiger partial charge in [-0.2, -0.15) is 0 Å². The van der Waals surface area contributed by atoms with Gasteiger partial charge in [0.2, 0.25) is 0 Å². The third-order valence-electron chi connectivity index (χ3n) is 9.50. The summed E-state index contributed by atoms with van der Waals surface area (Å²) in [5, 5.41) is 9.40. The van der Waals surface area contributed by atoms with Gasteiger partial charge in [0.05, 0.1) is 12.7 Å². The first kappa shape index (κ1) is 41.4. The van der Waals surface area contributed by atoms with Gasteiger partial charge < -0.3 is 14.6 Å². The molecule has 1 atom stereocenters. The Labute approximate surface area is 276 Å². The smallest absolute Gasteiger partial charge is 0.168 e. The van der Waals surface area contributed by atoms with Gasteiger partial charge in [0, 0.05) is 19.4 Å². The van der Waals surface area contributed by atoms with Crippen molar-refractivity contribution in [3.8, 4) is 0 Å². The standard InChI is InChI=1S/C41H78O3/c1-3-5-7-9-11-13-15-17-19-21-23-25-27-29-31-33-36-41(43-39-40(44-41)35-38-42)37-34-32-30-28-26-24-22-20-18-16-14-12-10-8-6-4-2/h17-20,40,42H,3-16,21-39H2,1-2H3/b19-17-,20-18-/t40-/m0/s1. The van der Waals surface area contributed by atoms with Crippen LogP contribution in [0.25, 0.3) is 0 Å². The number of allylic oxidation sites excluding steroid dienone is 4. The highest BCUT2D eigenvalue weighted by Gasteiger charge is 2.40. The third-order valence-corrected chi connectivity index (χ3v) is 9.50. The van der Waals surface area contributed by atoms with Gasteiger partial charge in [-0.1, -0.05) is 154 Å². The first-order chi connectivity index (χ1) is 21.8. The van der Waals surface area contributed by atoms with E-state index < -0.39 is 0 Å². The van der Waals surface area contributed by atoms with E-state index in [-0.39, 0.29) is 18.5 Å². The van der Waals surface area contributed by atoms with Gasteiger partial charge in [-0.05, 0) is 70.6 Å². The first-order valence-corrected chi connectivity index (χ1v) is 20.0. The van der Waals surface area contributed by atoms with Crippen LogP contribution in [-0.2, 0) is 9.47 Å². The lowest BCUT2D eigenvalue weighted by Gasteiger charge is -2.28. The van der Waals surface area contributed by atoms with Gasteiger partial charge in [0.15, 0.2) is 5.79 Å². The first-order valence-electron chi connectivity index (χ1n) is 20.0. The summed E-state index contributed by atoms with van der Waals surface area (Å²) in [7, 11) is 0. The molecule has 3 nitrogen and oxygen atoms in total. The molecule has 1 heterocycles. The van der Waals surface area contributed by atoms with E-state index in [2.05, 4.69) is 38.2 Å². The van der Waals surface area contributed by atoms with E-state index in [1.807, 2.05) is 0 Å². The summed E-state index contributed by atoms with van der Waals surface area (Å²) >= 11 is 0. The zero-order valence-electron chi connectivity index (χ0n) is 30.0. The van der Waals surface area contributed by atoms with E-state index in [1.165, 1.54) is 180 Å². The normalized spacial score (nSPS) is 16.7. The molecule has 1 saturated heterocycles. The highest BCUT2D eigenvalue weighted by molar-refractivity contribution is 4.82. The molecule has 0 spiro atoms. The number of aliphatic hydroxyl groups excluding tert-OH is 1. The minimum Gasteiger partial charge on any atom is -0.396 e. The van der Waals surface area contributed by atoms with E-state index in [1.54, 1.807) is 0 Å². The van der Waals surface area contributed by atoms with Crippen molar-refractivity contribution in [1.82, 2.24) is 0 Å². The lowest BCUT2D eigenvalue weighted by molar-refractivity contribution is -0.180. The number of hydrogen-bond donors (Lipinski definition) is 1. The van der Waals surface area contributed by atoms with Crippen molar-refractivity contribution in [3.05, 3.63) is 24.3 Å².